The molecule has 1 saturated heterocycles. The first-order chi connectivity index (χ1) is 7.19. The molecule has 88 valence electrons. The van der Waals surface area contributed by atoms with Crippen LogP contribution < -0.4 is 5.32 Å². The monoisotopic (exact) mass is 214 g/mol. The number of aliphatic carboxylic acids is 1. The highest BCUT2D eigenvalue weighted by molar-refractivity contribution is 5.70. The van der Waals surface area contributed by atoms with E-state index in [1.807, 2.05) is 0 Å². The Balaban J connectivity index is 2.49. The van der Waals surface area contributed by atoms with E-state index in [4.69, 9.17) is 5.11 Å². The third kappa shape index (κ3) is 3.47. The average molecular weight is 214 g/mol. The summed E-state index contributed by atoms with van der Waals surface area (Å²) in [5, 5.41) is 12.2. The van der Waals surface area contributed by atoms with Gasteiger partial charge >= 0.3 is 5.97 Å². The highest BCUT2D eigenvalue weighted by atomic mass is 16.4. The van der Waals surface area contributed by atoms with Crippen molar-refractivity contribution in [3.05, 3.63) is 0 Å². The predicted molar refractivity (Wildman–Crippen MR) is 59.9 cm³/mol. The first-order valence-electron chi connectivity index (χ1n) is 5.86. The van der Waals surface area contributed by atoms with E-state index in [0.717, 1.165) is 32.5 Å². The molecule has 1 aliphatic rings. The van der Waals surface area contributed by atoms with Crippen molar-refractivity contribution in [1.82, 2.24) is 10.2 Å². The number of carboxylic acids is 1. The van der Waals surface area contributed by atoms with Gasteiger partial charge in [0.05, 0.1) is 5.92 Å². The van der Waals surface area contributed by atoms with Gasteiger partial charge in [-0.2, -0.15) is 0 Å². The second-order valence-electron chi connectivity index (χ2n) is 4.21. The molecule has 0 aromatic carbocycles. The Morgan fingerprint density at radius 3 is 2.73 bits per heavy atom. The van der Waals surface area contributed by atoms with E-state index in [1.165, 1.54) is 0 Å². The normalized spacial score (nSPS) is 26.9. The van der Waals surface area contributed by atoms with Crippen LogP contribution in [0.3, 0.4) is 0 Å². The molecule has 1 aliphatic heterocycles. The first kappa shape index (κ1) is 12.5. The summed E-state index contributed by atoms with van der Waals surface area (Å²) in [5.74, 6) is -0.880. The van der Waals surface area contributed by atoms with E-state index in [9.17, 15) is 4.79 Å². The first-order valence-corrected chi connectivity index (χ1v) is 5.86. The second kappa shape index (κ2) is 6.08. The zero-order valence-corrected chi connectivity index (χ0v) is 9.70. The van der Waals surface area contributed by atoms with Crippen LogP contribution in [0.2, 0.25) is 0 Å². The van der Waals surface area contributed by atoms with Crippen LogP contribution in [0.4, 0.5) is 0 Å². The smallest absolute Gasteiger partial charge is 0.307 e. The van der Waals surface area contributed by atoms with Gasteiger partial charge in [0.25, 0.3) is 0 Å². The van der Waals surface area contributed by atoms with Gasteiger partial charge in [0.15, 0.2) is 0 Å². The molecule has 0 aliphatic carbocycles. The lowest BCUT2D eigenvalue weighted by Crippen LogP contribution is -2.50. The van der Waals surface area contributed by atoms with E-state index < -0.39 is 5.97 Å². The number of carbonyl (C=O) groups is 1. The van der Waals surface area contributed by atoms with Gasteiger partial charge in [0, 0.05) is 19.1 Å². The summed E-state index contributed by atoms with van der Waals surface area (Å²) >= 11 is 0. The minimum atomic E-state index is -0.667. The van der Waals surface area contributed by atoms with Crippen LogP contribution >= 0.6 is 0 Å². The lowest BCUT2D eigenvalue weighted by molar-refractivity contribution is -0.143. The number of nitrogens with zero attached hydrogens (tertiary/aromatic N) is 1. The quantitative estimate of drug-likeness (QED) is 0.710. The van der Waals surface area contributed by atoms with Gasteiger partial charge in [-0.05, 0) is 25.9 Å². The second-order valence-corrected chi connectivity index (χ2v) is 4.21. The van der Waals surface area contributed by atoms with Crippen molar-refractivity contribution >= 4 is 5.97 Å². The maximum atomic E-state index is 10.9. The van der Waals surface area contributed by atoms with Crippen molar-refractivity contribution in [3.63, 3.8) is 0 Å². The third-order valence-corrected chi connectivity index (χ3v) is 3.11. The van der Waals surface area contributed by atoms with Crippen LogP contribution in [-0.2, 0) is 4.79 Å². The summed E-state index contributed by atoms with van der Waals surface area (Å²) < 4.78 is 0. The Morgan fingerprint density at radius 2 is 2.20 bits per heavy atom. The fraction of sp³-hybridized carbons (Fsp3) is 0.909. The summed E-state index contributed by atoms with van der Waals surface area (Å²) in [7, 11) is 0. The van der Waals surface area contributed by atoms with Crippen molar-refractivity contribution in [2.75, 3.05) is 26.2 Å². The molecule has 0 spiro atoms. The molecule has 4 nitrogen and oxygen atoms in total. The molecule has 0 aromatic rings. The average Bonchev–Trinajstić information content (AvgIpc) is 2.26. The molecule has 0 unspecified atom stereocenters. The molecule has 15 heavy (non-hydrogen) atoms. The molecule has 0 radical (unpaired) electrons. The van der Waals surface area contributed by atoms with Gasteiger partial charge in [-0.3, -0.25) is 9.69 Å². The highest BCUT2D eigenvalue weighted by Gasteiger charge is 2.29. The Kier molecular flexibility index (Phi) is 5.05. The Bertz CT molecular complexity index is 209. The summed E-state index contributed by atoms with van der Waals surface area (Å²) in [6, 6.07) is 0.393. The molecule has 1 fully saturated rings. The van der Waals surface area contributed by atoms with Gasteiger partial charge in [-0.25, -0.2) is 0 Å². The van der Waals surface area contributed by atoms with Crippen LogP contribution in [0.25, 0.3) is 0 Å². The molecule has 1 rings (SSSR count). The lowest BCUT2D eigenvalue weighted by Gasteiger charge is -2.36. The Labute approximate surface area is 91.6 Å². The Morgan fingerprint density at radius 1 is 1.47 bits per heavy atom. The summed E-state index contributed by atoms with van der Waals surface area (Å²) in [6.45, 7) is 7.92. The van der Waals surface area contributed by atoms with Crippen molar-refractivity contribution in [3.8, 4) is 0 Å². The van der Waals surface area contributed by atoms with Crippen molar-refractivity contribution < 1.29 is 9.90 Å². The van der Waals surface area contributed by atoms with E-state index in [2.05, 4.69) is 24.1 Å². The number of likely N-dealkylation sites (N-methyl/N-ethyl adjacent to an activating group) is 1. The van der Waals surface area contributed by atoms with E-state index in [1.54, 1.807) is 0 Å². The summed E-state index contributed by atoms with van der Waals surface area (Å²) in [6.07, 6.45) is 1.91. The molecule has 0 amide bonds. The standard InChI is InChI=1S/C11H22N2O2/c1-3-5-13(4-2)10-6-9(11(14)15)7-12-8-10/h9-10,12H,3-8H2,1-2H3,(H,14,15)/t9-,10-/m0/s1. The van der Waals surface area contributed by atoms with Crippen LogP contribution in [0.15, 0.2) is 0 Å². The molecular weight excluding hydrogens is 192 g/mol. The van der Waals surface area contributed by atoms with E-state index >= 15 is 0 Å². The highest BCUT2D eigenvalue weighted by Crippen LogP contribution is 2.16. The largest absolute Gasteiger partial charge is 0.481 e. The summed E-state index contributed by atoms with van der Waals surface area (Å²) in [5.41, 5.74) is 0. The number of hydrogen-bond acceptors (Lipinski definition) is 3. The van der Waals surface area contributed by atoms with E-state index in [-0.39, 0.29) is 5.92 Å². The molecule has 4 heteroatoms. The van der Waals surface area contributed by atoms with Gasteiger partial charge in [0.1, 0.15) is 0 Å². The van der Waals surface area contributed by atoms with Crippen LogP contribution in [0.1, 0.15) is 26.7 Å². The van der Waals surface area contributed by atoms with Crippen LogP contribution in [0.5, 0.6) is 0 Å². The van der Waals surface area contributed by atoms with Crippen molar-refractivity contribution in [2.45, 2.75) is 32.7 Å². The number of rotatable bonds is 5. The molecule has 0 bridgehead atoms. The zero-order valence-electron chi connectivity index (χ0n) is 9.70. The van der Waals surface area contributed by atoms with Gasteiger partial charge in [-0.15, -0.1) is 0 Å². The summed E-state index contributed by atoms with van der Waals surface area (Å²) in [4.78, 5) is 13.3. The van der Waals surface area contributed by atoms with Gasteiger partial charge in [-0.1, -0.05) is 13.8 Å². The van der Waals surface area contributed by atoms with Crippen LogP contribution in [-0.4, -0.2) is 48.2 Å². The molecule has 0 saturated carbocycles. The van der Waals surface area contributed by atoms with Crippen LogP contribution in [0, 0.1) is 5.92 Å². The van der Waals surface area contributed by atoms with Gasteiger partial charge in [0.2, 0.25) is 0 Å². The van der Waals surface area contributed by atoms with Crippen molar-refractivity contribution in [1.29, 1.82) is 0 Å². The zero-order chi connectivity index (χ0) is 11.3. The molecule has 1 heterocycles. The molecule has 2 N–H and O–H groups in total. The minimum absolute atomic E-state index is 0.213. The van der Waals surface area contributed by atoms with Crippen molar-refractivity contribution in [2.24, 2.45) is 5.92 Å². The van der Waals surface area contributed by atoms with E-state index in [0.29, 0.717) is 12.6 Å². The maximum Gasteiger partial charge on any atom is 0.307 e. The predicted octanol–water partition coefficient (Wildman–Crippen LogP) is 0.781. The SMILES string of the molecule is CCCN(CC)[C@@H]1CNC[C@@H](C(=O)O)C1. The third-order valence-electron chi connectivity index (χ3n) is 3.11. The molecule has 2 atom stereocenters. The number of carboxylic acid groups (broad SMARTS) is 1. The maximum absolute atomic E-state index is 10.9. The molecular formula is C11H22N2O2. The number of nitrogens with one attached hydrogen (secondary N) is 1. The fourth-order valence-corrected chi connectivity index (χ4v) is 2.27. The fourth-order valence-electron chi connectivity index (χ4n) is 2.27. The molecule has 0 aromatic heterocycles. The minimum Gasteiger partial charge on any atom is -0.481 e. The number of piperidine rings is 1. The number of hydrogen-bond donors (Lipinski definition) is 2. The topological polar surface area (TPSA) is 52.6 Å². The lowest BCUT2D eigenvalue weighted by atomic mass is 9.94. The Hall–Kier alpha value is -0.610. The van der Waals surface area contributed by atoms with Gasteiger partial charge < -0.3 is 10.4 Å².